The zero-order valence-electron chi connectivity index (χ0n) is 11.7. The summed E-state index contributed by atoms with van der Waals surface area (Å²) in [6.07, 6.45) is 0.320. The van der Waals surface area contributed by atoms with Crippen LogP contribution in [0.25, 0.3) is 0 Å². The van der Waals surface area contributed by atoms with Crippen molar-refractivity contribution < 1.29 is 14.6 Å². The van der Waals surface area contributed by atoms with Gasteiger partial charge in [0.15, 0.2) is 0 Å². The van der Waals surface area contributed by atoms with Crippen LogP contribution in [0.5, 0.6) is 11.6 Å². The molecule has 106 valence electrons. The van der Waals surface area contributed by atoms with Crippen LogP contribution in [0.15, 0.2) is 42.5 Å². The van der Waals surface area contributed by atoms with Crippen LogP contribution in [0.4, 0.5) is 0 Å². The molecule has 0 radical (unpaired) electrons. The fourth-order valence-electron chi connectivity index (χ4n) is 1.87. The Morgan fingerprint density at radius 2 is 1.90 bits per heavy atom. The van der Waals surface area contributed by atoms with Crippen molar-refractivity contribution >= 4 is 0 Å². The third-order valence-electron chi connectivity index (χ3n) is 2.83. The average molecular weight is 273 g/mol. The SMILES string of the molecule is COc1cccc(COc2ccc(CC(C)O)cc2)n1. The van der Waals surface area contributed by atoms with Gasteiger partial charge in [0, 0.05) is 6.07 Å². The Morgan fingerprint density at radius 1 is 1.15 bits per heavy atom. The van der Waals surface area contributed by atoms with E-state index in [1.165, 1.54) is 0 Å². The fourth-order valence-corrected chi connectivity index (χ4v) is 1.87. The Kier molecular flexibility index (Phi) is 4.96. The minimum atomic E-state index is -0.331. The van der Waals surface area contributed by atoms with Crippen LogP contribution in [0, 0.1) is 0 Å². The summed E-state index contributed by atoms with van der Waals surface area (Å²) in [7, 11) is 1.59. The number of ether oxygens (including phenoxy) is 2. The Morgan fingerprint density at radius 3 is 2.55 bits per heavy atom. The molecule has 4 heteroatoms. The molecule has 1 heterocycles. The van der Waals surface area contributed by atoms with E-state index in [9.17, 15) is 5.11 Å². The van der Waals surface area contributed by atoms with E-state index in [4.69, 9.17) is 9.47 Å². The first kappa shape index (κ1) is 14.3. The molecule has 0 saturated carbocycles. The second kappa shape index (κ2) is 6.91. The number of aliphatic hydroxyl groups is 1. The molecular formula is C16H19NO3. The van der Waals surface area contributed by atoms with Gasteiger partial charge >= 0.3 is 0 Å². The minimum Gasteiger partial charge on any atom is -0.487 e. The second-order valence-corrected chi connectivity index (χ2v) is 4.66. The summed E-state index contributed by atoms with van der Waals surface area (Å²) in [5.74, 6) is 1.36. The lowest BCUT2D eigenvalue weighted by Crippen LogP contribution is -2.04. The maximum Gasteiger partial charge on any atom is 0.213 e. The normalized spacial score (nSPS) is 11.9. The van der Waals surface area contributed by atoms with Crippen LogP contribution in [-0.2, 0) is 13.0 Å². The summed E-state index contributed by atoms with van der Waals surface area (Å²) in [4.78, 5) is 4.28. The molecule has 0 fully saturated rings. The van der Waals surface area contributed by atoms with Gasteiger partial charge in [0.25, 0.3) is 0 Å². The summed E-state index contributed by atoms with van der Waals surface area (Å²) in [5.41, 5.74) is 1.91. The van der Waals surface area contributed by atoms with Gasteiger partial charge in [0.05, 0.1) is 18.9 Å². The van der Waals surface area contributed by atoms with E-state index in [1.54, 1.807) is 20.1 Å². The highest BCUT2D eigenvalue weighted by Gasteiger charge is 2.02. The number of hydrogen-bond acceptors (Lipinski definition) is 4. The molecule has 0 aliphatic rings. The van der Waals surface area contributed by atoms with E-state index in [2.05, 4.69) is 4.98 Å². The topological polar surface area (TPSA) is 51.6 Å². The number of nitrogens with zero attached hydrogens (tertiary/aromatic N) is 1. The lowest BCUT2D eigenvalue weighted by atomic mass is 10.1. The van der Waals surface area contributed by atoms with Crippen molar-refractivity contribution in [1.82, 2.24) is 4.98 Å². The summed E-state index contributed by atoms with van der Waals surface area (Å²) in [6, 6.07) is 13.3. The van der Waals surface area contributed by atoms with Crippen molar-refractivity contribution in [3.8, 4) is 11.6 Å². The van der Waals surface area contributed by atoms with Crippen molar-refractivity contribution in [3.05, 3.63) is 53.7 Å². The summed E-state index contributed by atoms with van der Waals surface area (Å²) < 4.78 is 10.7. The molecule has 1 aromatic heterocycles. The smallest absolute Gasteiger partial charge is 0.213 e. The van der Waals surface area contributed by atoms with E-state index < -0.39 is 0 Å². The molecule has 20 heavy (non-hydrogen) atoms. The third-order valence-corrected chi connectivity index (χ3v) is 2.83. The molecular weight excluding hydrogens is 254 g/mol. The second-order valence-electron chi connectivity index (χ2n) is 4.66. The summed E-state index contributed by atoms with van der Waals surface area (Å²) >= 11 is 0. The Hall–Kier alpha value is -2.07. The number of hydrogen-bond donors (Lipinski definition) is 1. The number of benzene rings is 1. The lowest BCUT2D eigenvalue weighted by molar-refractivity contribution is 0.195. The molecule has 0 bridgehead atoms. The van der Waals surface area contributed by atoms with Crippen LogP contribution >= 0.6 is 0 Å². The highest BCUT2D eigenvalue weighted by Crippen LogP contribution is 2.15. The number of rotatable bonds is 6. The molecule has 1 N–H and O–H groups in total. The first-order chi connectivity index (χ1) is 9.67. The van der Waals surface area contributed by atoms with Gasteiger partial charge in [-0.25, -0.2) is 4.98 Å². The first-order valence-corrected chi connectivity index (χ1v) is 6.57. The molecule has 0 saturated heterocycles. The van der Waals surface area contributed by atoms with Gasteiger partial charge in [-0.2, -0.15) is 0 Å². The quantitative estimate of drug-likeness (QED) is 0.879. The standard InChI is InChI=1S/C16H19NO3/c1-12(18)10-13-6-8-15(9-7-13)20-11-14-4-3-5-16(17-14)19-2/h3-9,12,18H,10-11H2,1-2H3. The Bertz CT molecular complexity index is 538. The summed E-state index contributed by atoms with van der Waals surface area (Å²) in [6.45, 7) is 2.17. The van der Waals surface area contributed by atoms with Crippen molar-refractivity contribution in [2.75, 3.05) is 7.11 Å². The van der Waals surface area contributed by atoms with Crippen LogP contribution in [0.1, 0.15) is 18.2 Å². The zero-order valence-corrected chi connectivity index (χ0v) is 11.7. The minimum absolute atomic E-state index is 0.331. The predicted octanol–water partition coefficient (Wildman–Crippen LogP) is 2.59. The molecule has 2 rings (SSSR count). The Labute approximate surface area is 119 Å². The van der Waals surface area contributed by atoms with Crippen molar-refractivity contribution in [1.29, 1.82) is 0 Å². The molecule has 1 unspecified atom stereocenters. The van der Waals surface area contributed by atoms with Gasteiger partial charge in [-0.05, 0) is 37.1 Å². The molecule has 1 aromatic carbocycles. The maximum absolute atomic E-state index is 9.33. The van der Waals surface area contributed by atoms with Crippen LogP contribution in [-0.4, -0.2) is 23.3 Å². The van der Waals surface area contributed by atoms with Crippen LogP contribution < -0.4 is 9.47 Å². The summed E-state index contributed by atoms with van der Waals surface area (Å²) in [5, 5.41) is 9.33. The molecule has 4 nitrogen and oxygen atoms in total. The Balaban J connectivity index is 1.93. The lowest BCUT2D eigenvalue weighted by Gasteiger charge is -2.08. The molecule has 1 atom stereocenters. The van der Waals surface area contributed by atoms with Crippen LogP contribution in [0.2, 0.25) is 0 Å². The number of pyridine rings is 1. The van der Waals surface area contributed by atoms with E-state index in [-0.39, 0.29) is 6.10 Å². The maximum atomic E-state index is 9.33. The first-order valence-electron chi connectivity index (χ1n) is 6.57. The molecule has 0 amide bonds. The molecule has 0 aliphatic carbocycles. The largest absolute Gasteiger partial charge is 0.487 e. The van der Waals surface area contributed by atoms with Gasteiger partial charge in [-0.1, -0.05) is 18.2 Å². The number of methoxy groups -OCH3 is 1. The highest BCUT2D eigenvalue weighted by atomic mass is 16.5. The fraction of sp³-hybridized carbons (Fsp3) is 0.312. The van der Waals surface area contributed by atoms with Gasteiger partial charge < -0.3 is 14.6 Å². The van der Waals surface area contributed by atoms with E-state index in [1.807, 2.05) is 36.4 Å². The average Bonchev–Trinajstić information content (AvgIpc) is 2.46. The van der Waals surface area contributed by atoms with Crippen molar-refractivity contribution in [2.24, 2.45) is 0 Å². The molecule has 0 spiro atoms. The van der Waals surface area contributed by atoms with E-state index in [0.29, 0.717) is 18.9 Å². The highest BCUT2D eigenvalue weighted by molar-refractivity contribution is 5.28. The number of aliphatic hydroxyl groups excluding tert-OH is 1. The number of aromatic nitrogens is 1. The van der Waals surface area contributed by atoms with Crippen LogP contribution in [0.3, 0.4) is 0 Å². The van der Waals surface area contributed by atoms with Crippen molar-refractivity contribution in [2.45, 2.75) is 26.1 Å². The molecule has 2 aromatic rings. The van der Waals surface area contributed by atoms with E-state index >= 15 is 0 Å². The van der Waals surface area contributed by atoms with E-state index in [0.717, 1.165) is 17.0 Å². The third kappa shape index (κ3) is 4.24. The monoisotopic (exact) mass is 273 g/mol. The van der Waals surface area contributed by atoms with Gasteiger partial charge in [-0.15, -0.1) is 0 Å². The molecule has 0 aliphatic heterocycles. The predicted molar refractivity (Wildman–Crippen MR) is 76.9 cm³/mol. The van der Waals surface area contributed by atoms with Gasteiger partial charge in [-0.3, -0.25) is 0 Å². The zero-order chi connectivity index (χ0) is 14.4. The van der Waals surface area contributed by atoms with Gasteiger partial charge in [0.1, 0.15) is 12.4 Å². The van der Waals surface area contributed by atoms with Crippen molar-refractivity contribution in [3.63, 3.8) is 0 Å². The van der Waals surface area contributed by atoms with Gasteiger partial charge in [0.2, 0.25) is 5.88 Å².